The maximum Gasteiger partial charge on any atom is 0.332 e. The molecule has 0 aliphatic heterocycles. The molecule has 0 radical (unpaired) electrons. The van der Waals surface area contributed by atoms with Crippen LogP contribution < -0.4 is 0 Å². The van der Waals surface area contributed by atoms with E-state index in [1.54, 1.807) is 26.0 Å². The van der Waals surface area contributed by atoms with Crippen molar-refractivity contribution in [2.45, 2.75) is 59.5 Å². The van der Waals surface area contributed by atoms with E-state index in [9.17, 15) is 24.3 Å². The zero-order chi connectivity index (χ0) is 27.1. The summed E-state index contributed by atoms with van der Waals surface area (Å²) in [5.74, 6) is -1.58. The molecule has 3 saturated carbocycles. The lowest BCUT2D eigenvalue weighted by atomic mass is 9.45. The smallest absolute Gasteiger partial charge is 0.332 e. The van der Waals surface area contributed by atoms with E-state index in [0.717, 1.165) is 12.0 Å². The van der Waals surface area contributed by atoms with Crippen LogP contribution in [0.2, 0.25) is 0 Å². The lowest BCUT2D eigenvalue weighted by Gasteiger charge is -2.60. The van der Waals surface area contributed by atoms with Crippen LogP contribution in [0.15, 0.2) is 23.8 Å². The summed E-state index contributed by atoms with van der Waals surface area (Å²) < 4.78 is 15.6. The van der Waals surface area contributed by atoms with Crippen LogP contribution >= 0.6 is 0 Å². The first-order valence-electron chi connectivity index (χ1n) is 13.4. The minimum absolute atomic E-state index is 0.0872. The second-order valence-corrected chi connectivity index (χ2v) is 12.1. The summed E-state index contributed by atoms with van der Waals surface area (Å²) in [6.45, 7) is 7.46. The summed E-state index contributed by atoms with van der Waals surface area (Å²) in [6, 6.07) is 0. The van der Waals surface area contributed by atoms with E-state index >= 15 is 0 Å². The van der Waals surface area contributed by atoms with Crippen molar-refractivity contribution in [3.8, 4) is 0 Å². The summed E-state index contributed by atoms with van der Waals surface area (Å²) in [5.41, 5.74) is -0.0447. The third-order valence-corrected chi connectivity index (χ3v) is 9.58. The Kier molecular flexibility index (Phi) is 7.82. The summed E-state index contributed by atoms with van der Waals surface area (Å²) in [7, 11) is 1.39. The third-order valence-electron chi connectivity index (χ3n) is 9.58. The molecule has 0 bridgehead atoms. The average Bonchev–Trinajstić information content (AvgIpc) is 3.18. The SMILES string of the molecule is COCC(=O)OCC(=O)[C@H]1CC[C@H]2[C@@H]3C[C@H](COC(=O)C(C)C)C4=CC(=O)C=C[C@]4(C)[C@H]3[C@@H](O)C[C@]12C. The normalized spacial score (nSPS) is 38.4. The predicted molar refractivity (Wildman–Crippen MR) is 134 cm³/mol. The van der Waals surface area contributed by atoms with Gasteiger partial charge >= 0.3 is 11.9 Å². The molecular weight excluding hydrogens is 476 g/mol. The number of Topliss-reactive ketones (excluding diaryl/α,β-unsaturated/α-hetero) is 1. The van der Waals surface area contributed by atoms with Gasteiger partial charge in [-0.25, -0.2) is 4.79 Å². The Morgan fingerprint density at radius 3 is 2.54 bits per heavy atom. The van der Waals surface area contributed by atoms with E-state index in [-0.39, 0.29) is 72.9 Å². The molecule has 3 fully saturated rings. The topological polar surface area (TPSA) is 116 Å². The largest absolute Gasteiger partial charge is 0.465 e. The van der Waals surface area contributed by atoms with Gasteiger partial charge in [-0.1, -0.05) is 33.8 Å². The molecule has 0 spiro atoms. The molecule has 8 atom stereocenters. The van der Waals surface area contributed by atoms with Crippen LogP contribution in [0.1, 0.15) is 53.4 Å². The number of carbonyl (C=O) groups is 4. The number of esters is 2. The van der Waals surface area contributed by atoms with Gasteiger partial charge in [0.2, 0.25) is 0 Å². The Labute approximate surface area is 218 Å². The number of hydrogen-bond donors (Lipinski definition) is 1. The molecular formula is C29H40O8. The van der Waals surface area contributed by atoms with Gasteiger partial charge in [0.15, 0.2) is 11.6 Å². The van der Waals surface area contributed by atoms with Crippen molar-refractivity contribution in [1.82, 2.24) is 0 Å². The molecule has 1 N–H and O–H groups in total. The Morgan fingerprint density at radius 2 is 1.86 bits per heavy atom. The van der Waals surface area contributed by atoms with Crippen LogP contribution in [0.25, 0.3) is 0 Å². The number of allylic oxidation sites excluding steroid dienone is 3. The van der Waals surface area contributed by atoms with Crippen LogP contribution in [0.4, 0.5) is 0 Å². The fourth-order valence-corrected chi connectivity index (χ4v) is 8.00. The number of aliphatic hydroxyl groups excluding tert-OH is 1. The van der Waals surface area contributed by atoms with Crippen LogP contribution in [-0.4, -0.2) is 61.6 Å². The zero-order valence-corrected chi connectivity index (χ0v) is 22.5. The zero-order valence-electron chi connectivity index (χ0n) is 22.5. The molecule has 8 heteroatoms. The highest BCUT2D eigenvalue weighted by Crippen LogP contribution is 2.67. The number of ketones is 2. The number of carbonyl (C=O) groups excluding carboxylic acids is 4. The van der Waals surface area contributed by atoms with Crippen molar-refractivity contribution >= 4 is 23.5 Å². The molecule has 8 nitrogen and oxygen atoms in total. The number of aliphatic hydroxyl groups is 1. The summed E-state index contributed by atoms with van der Waals surface area (Å²) in [6.07, 6.45) is 7.18. The highest BCUT2D eigenvalue weighted by Gasteiger charge is 2.64. The van der Waals surface area contributed by atoms with E-state index in [2.05, 4.69) is 13.8 Å². The molecule has 0 saturated heterocycles. The van der Waals surface area contributed by atoms with Gasteiger partial charge in [0.05, 0.1) is 18.6 Å². The molecule has 0 unspecified atom stereocenters. The maximum atomic E-state index is 13.2. The van der Waals surface area contributed by atoms with Crippen molar-refractivity contribution < 1.29 is 38.5 Å². The van der Waals surface area contributed by atoms with Gasteiger partial charge in [-0.05, 0) is 60.7 Å². The number of ether oxygens (including phenoxy) is 3. The molecule has 0 amide bonds. The summed E-state index contributed by atoms with van der Waals surface area (Å²) in [4.78, 5) is 49.6. The maximum absolute atomic E-state index is 13.2. The predicted octanol–water partition coefficient (Wildman–Crippen LogP) is 3.07. The van der Waals surface area contributed by atoms with E-state index in [4.69, 9.17) is 14.2 Å². The van der Waals surface area contributed by atoms with Gasteiger partial charge in [-0.2, -0.15) is 0 Å². The first kappa shape index (κ1) is 27.7. The molecule has 37 heavy (non-hydrogen) atoms. The van der Waals surface area contributed by atoms with Crippen LogP contribution in [-0.2, 0) is 33.4 Å². The van der Waals surface area contributed by atoms with Crippen molar-refractivity contribution in [1.29, 1.82) is 0 Å². The van der Waals surface area contributed by atoms with Crippen molar-refractivity contribution in [2.75, 3.05) is 26.9 Å². The molecule has 4 rings (SSSR count). The summed E-state index contributed by atoms with van der Waals surface area (Å²) >= 11 is 0. The van der Waals surface area contributed by atoms with Gasteiger partial charge in [-0.15, -0.1) is 0 Å². The lowest BCUT2D eigenvalue weighted by Crippen LogP contribution is -2.58. The van der Waals surface area contributed by atoms with Gasteiger partial charge in [0, 0.05) is 30.3 Å². The summed E-state index contributed by atoms with van der Waals surface area (Å²) in [5, 5.41) is 11.6. The monoisotopic (exact) mass is 516 g/mol. The fraction of sp³-hybridized carbons (Fsp3) is 0.724. The average molecular weight is 517 g/mol. The lowest BCUT2D eigenvalue weighted by molar-refractivity contribution is -0.158. The van der Waals surface area contributed by atoms with Gasteiger partial charge in [0.1, 0.15) is 13.2 Å². The van der Waals surface area contributed by atoms with Crippen LogP contribution in [0, 0.1) is 46.3 Å². The van der Waals surface area contributed by atoms with Crippen molar-refractivity contribution in [3.05, 3.63) is 23.8 Å². The van der Waals surface area contributed by atoms with Crippen LogP contribution in [0.5, 0.6) is 0 Å². The molecule has 0 aromatic carbocycles. The molecule has 0 heterocycles. The third kappa shape index (κ3) is 4.94. The molecule has 0 aromatic rings. The number of hydrogen-bond acceptors (Lipinski definition) is 8. The molecule has 4 aliphatic carbocycles. The number of rotatable bonds is 8. The Hall–Kier alpha value is -2.32. The van der Waals surface area contributed by atoms with E-state index in [0.29, 0.717) is 19.3 Å². The minimum atomic E-state index is -0.666. The quantitative estimate of drug-likeness (QED) is 0.490. The van der Waals surface area contributed by atoms with Gasteiger partial charge in [0.25, 0.3) is 0 Å². The standard InChI is InChI=1S/C29H40O8/c1-16(2)27(34)37-13-17-10-19-20-6-7-21(24(32)14-36-25(33)15-35-5)29(20,4)12-23(31)26(19)28(3)9-8-18(30)11-22(17)28/h8-9,11,16-17,19-21,23,26,31H,6-7,10,12-15H2,1-5H3/t17-,19+,20+,21-,23+,26-,28+,29+/m1/s1. The number of fused-ring (bicyclic) bond motifs is 5. The van der Waals surface area contributed by atoms with Gasteiger partial charge < -0.3 is 19.3 Å². The molecule has 4 aliphatic rings. The second-order valence-electron chi connectivity index (χ2n) is 12.1. The van der Waals surface area contributed by atoms with Crippen molar-refractivity contribution in [3.63, 3.8) is 0 Å². The molecule has 204 valence electrons. The highest BCUT2D eigenvalue weighted by atomic mass is 16.6. The van der Waals surface area contributed by atoms with Crippen molar-refractivity contribution in [2.24, 2.45) is 46.3 Å². The minimum Gasteiger partial charge on any atom is -0.465 e. The number of methoxy groups -OCH3 is 1. The highest BCUT2D eigenvalue weighted by molar-refractivity contribution is 6.01. The Bertz CT molecular complexity index is 1010. The van der Waals surface area contributed by atoms with E-state index < -0.39 is 22.9 Å². The fourth-order valence-electron chi connectivity index (χ4n) is 8.00. The van der Waals surface area contributed by atoms with Gasteiger partial charge in [-0.3, -0.25) is 14.4 Å². The Morgan fingerprint density at radius 1 is 1.14 bits per heavy atom. The molecule has 0 aromatic heterocycles. The first-order chi connectivity index (χ1) is 17.4. The second kappa shape index (κ2) is 10.4. The van der Waals surface area contributed by atoms with E-state index in [1.165, 1.54) is 7.11 Å². The van der Waals surface area contributed by atoms with Crippen LogP contribution in [0.3, 0.4) is 0 Å². The Balaban J connectivity index is 1.60. The van der Waals surface area contributed by atoms with E-state index in [1.807, 2.05) is 6.08 Å². The first-order valence-corrected chi connectivity index (χ1v) is 13.4.